The maximum atomic E-state index is 13.7. The zero-order valence-electron chi connectivity index (χ0n) is 16.1. The van der Waals surface area contributed by atoms with Crippen LogP contribution >= 0.6 is 0 Å². The Balaban J connectivity index is 2.52. The molecule has 0 amide bonds. The Labute approximate surface area is 147 Å². The van der Waals surface area contributed by atoms with Gasteiger partial charge in [0.25, 0.3) is 0 Å². The second-order valence-electron chi connectivity index (χ2n) is 9.04. The number of Topliss-reactive ketones (excluding diaryl/α,β-unsaturated/α-hetero) is 1. The molecular weight excluding hydrogens is 298 g/mol. The molecule has 2 saturated carbocycles. The first-order valence-electron chi connectivity index (χ1n) is 9.02. The van der Waals surface area contributed by atoms with Crippen LogP contribution in [0.1, 0.15) is 54.4 Å². The molecule has 0 aromatic heterocycles. The summed E-state index contributed by atoms with van der Waals surface area (Å²) in [6.45, 7) is 16.1. The van der Waals surface area contributed by atoms with Gasteiger partial charge in [0.1, 0.15) is 0 Å². The van der Waals surface area contributed by atoms with Crippen LogP contribution in [0.15, 0.2) is 12.3 Å². The minimum absolute atomic E-state index is 0.100. The number of nitrogens with one attached hydrogen (secondary N) is 1. The molecule has 0 aliphatic heterocycles. The van der Waals surface area contributed by atoms with E-state index in [0.717, 1.165) is 18.5 Å². The molecule has 2 aliphatic rings. The van der Waals surface area contributed by atoms with Gasteiger partial charge in [-0.25, -0.2) is 0 Å². The SMILES string of the molecule is C#CC1C(=O)C(C)(C(C)(CO)NC(=C)C)[C@H](C)CCC2C1C2(C)C. The summed E-state index contributed by atoms with van der Waals surface area (Å²) in [6, 6.07) is 0. The van der Waals surface area contributed by atoms with Crippen molar-refractivity contribution < 1.29 is 9.90 Å². The predicted molar refractivity (Wildman–Crippen MR) is 98.0 cm³/mol. The van der Waals surface area contributed by atoms with Gasteiger partial charge < -0.3 is 10.4 Å². The van der Waals surface area contributed by atoms with Gasteiger partial charge in [0.15, 0.2) is 5.78 Å². The molecule has 6 atom stereocenters. The number of allylic oxidation sites excluding steroid dienone is 1. The zero-order chi connectivity index (χ0) is 18.5. The van der Waals surface area contributed by atoms with Crippen LogP contribution < -0.4 is 5.32 Å². The van der Waals surface area contributed by atoms with Crippen molar-refractivity contribution in [2.24, 2.45) is 34.5 Å². The van der Waals surface area contributed by atoms with Crippen molar-refractivity contribution in [3.05, 3.63) is 12.3 Å². The molecule has 2 aliphatic carbocycles. The fraction of sp³-hybridized carbons (Fsp3) is 0.762. The molecule has 0 aromatic carbocycles. The Bertz CT molecular complexity index is 587. The van der Waals surface area contributed by atoms with Gasteiger partial charge in [-0.1, -0.05) is 33.3 Å². The molecule has 24 heavy (non-hydrogen) atoms. The highest BCUT2D eigenvalue weighted by Gasteiger charge is 2.66. The molecule has 3 heteroatoms. The lowest BCUT2D eigenvalue weighted by Crippen LogP contribution is -2.64. The molecule has 0 heterocycles. The van der Waals surface area contributed by atoms with E-state index in [9.17, 15) is 9.90 Å². The highest BCUT2D eigenvalue weighted by Crippen LogP contribution is 2.66. The standard InChI is InChI=1S/C21H33NO2/c1-9-15-17-16(19(17,5)6)11-10-14(4)21(8,18(15)24)20(7,12-23)22-13(2)3/h1,14-17,22-23H,2,10-12H2,3-8H3/t14-,15?,16?,17?,20?,21?/m1/s1. The lowest BCUT2D eigenvalue weighted by Gasteiger charge is -2.50. The highest BCUT2D eigenvalue weighted by molar-refractivity contribution is 5.91. The Hall–Kier alpha value is -1.27. The van der Waals surface area contributed by atoms with Crippen molar-refractivity contribution in [2.45, 2.75) is 59.9 Å². The number of hydrogen-bond acceptors (Lipinski definition) is 3. The van der Waals surface area contributed by atoms with Crippen molar-refractivity contribution >= 4 is 5.78 Å². The van der Waals surface area contributed by atoms with Crippen LogP contribution in [-0.4, -0.2) is 23.0 Å². The average Bonchev–Trinajstić information content (AvgIpc) is 3.03. The van der Waals surface area contributed by atoms with Crippen LogP contribution in [0.25, 0.3) is 0 Å². The molecule has 134 valence electrons. The van der Waals surface area contributed by atoms with Gasteiger partial charge in [-0.2, -0.15) is 0 Å². The van der Waals surface area contributed by atoms with Crippen LogP contribution in [0, 0.1) is 46.8 Å². The van der Waals surface area contributed by atoms with E-state index in [-0.39, 0.29) is 35.6 Å². The van der Waals surface area contributed by atoms with Crippen molar-refractivity contribution in [1.82, 2.24) is 5.32 Å². The summed E-state index contributed by atoms with van der Waals surface area (Å²) in [5.74, 6) is 3.45. The van der Waals surface area contributed by atoms with Gasteiger partial charge in [0.05, 0.1) is 23.5 Å². The summed E-state index contributed by atoms with van der Waals surface area (Å²) in [7, 11) is 0. The van der Waals surface area contributed by atoms with Crippen molar-refractivity contribution in [3.8, 4) is 12.3 Å². The van der Waals surface area contributed by atoms with E-state index in [1.807, 2.05) is 20.8 Å². The first-order valence-corrected chi connectivity index (χ1v) is 9.02. The molecule has 3 nitrogen and oxygen atoms in total. The highest BCUT2D eigenvalue weighted by atomic mass is 16.3. The molecule has 2 rings (SSSR count). The minimum atomic E-state index is -0.781. The van der Waals surface area contributed by atoms with Gasteiger partial charge in [0.2, 0.25) is 0 Å². The molecule has 0 spiro atoms. The largest absolute Gasteiger partial charge is 0.394 e. The number of aliphatic hydroxyl groups excluding tert-OH is 1. The third kappa shape index (κ3) is 2.51. The van der Waals surface area contributed by atoms with Gasteiger partial charge in [-0.05, 0) is 56.8 Å². The van der Waals surface area contributed by atoms with E-state index >= 15 is 0 Å². The van der Waals surface area contributed by atoms with Crippen LogP contribution in [0.3, 0.4) is 0 Å². The summed E-state index contributed by atoms with van der Waals surface area (Å²) in [4.78, 5) is 13.7. The quantitative estimate of drug-likeness (QED) is 0.776. The number of carbonyl (C=O) groups excluding carboxylic acids is 1. The maximum Gasteiger partial charge on any atom is 0.156 e. The summed E-state index contributed by atoms with van der Waals surface area (Å²) >= 11 is 0. The monoisotopic (exact) mass is 331 g/mol. The fourth-order valence-electron chi connectivity index (χ4n) is 5.25. The summed E-state index contributed by atoms with van der Waals surface area (Å²) in [6.07, 6.45) is 7.90. The summed E-state index contributed by atoms with van der Waals surface area (Å²) in [5, 5.41) is 13.5. The molecule has 2 N–H and O–H groups in total. The Morgan fingerprint density at radius 3 is 2.50 bits per heavy atom. The van der Waals surface area contributed by atoms with E-state index in [1.165, 1.54) is 0 Å². The molecule has 0 aromatic rings. The average molecular weight is 332 g/mol. The van der Waals surface area contributed by atoms with Crippen molar-refractivity contribution in [2.75, 3.05) is 6.61 Å². The van der Waals surface area contributed by atoms with E-state index in [1.54, 1.807) is 0 Å². The Kier molecular flexibility index (Phi) is 4.70. The van der Waals surface area contributed by atoms with E-state index in [2.05, 4.69) is 38.6 Å². The number of hydrogen-bond donors (Lipinski definition) is 2. The number of ketones is 1. The maximum absolute atomic E-state index is 13.7. The Morgan fingerprint density at radius 2 is 2.04 bits per heavy atom. The first-order chi connectivity index (χ1) is 11.0. The number of terminal acetylenes is 1. The van der Waals surface area contributed by atoms with E-state index < -0.39 is 11.0 Å². The minimum Gasteiger partial charge on any atom is -0.394 e. The zero-order valence-corrected chi connectivity index (χ0v) is 16.1. The second kappa shape index (κ2) is 5.92. The lowest BCUT2D eigenvalue weighted by molar-refractivity contribution is -0.142. The molecule has 5 unspecified atom stereocenters. The number of rotatable bonds is 4. The van der Waals surface area contributed by atoms with Gasteiger partial charge in [0, 0.05) is 5.70 Å². The molecule has 0 bridgehead atoms. The first kappa shape index (κ1) is 19.1. The van der Waals surface area contributed by atoms with E-state index in [0.29, 0.717) is 5.92 Å². The van der Waals surface area contributed by atoms with Gasteiger partial charge >= 0.3 is 0 Å². The normalized spacial score (nSPS) is 40.3. The molecule has 2 fully saturated rings. The number of aliphatic hydroxyl groups is 1. The van der Waals surface area contributed by atoms with Gasteiger partial charge in [-0.15, -0.1) is 6.42 Å². The Morgan fingerprint density at radius 1 is 1.46 bits per heavy atom. The van der Waals surface area contributed by atoms with Gasteiger partial charge in [-0.3, -0.25) is 4.79 Å². The summed E-state index contributed by atoms with van der Waals surface area (Å²) in [5.41, 5.74) is -0.649. The van der Waals surface area contributed by atoms with Crippen LogP contribution in [0.4, 0.5) is 0 Å². The van der Waals surface area contributed by atoms with Crippen LogP contribution in [-0.2, 0) is 4.79 Å². The van der Waals surface area contributed by atoms with Crippen molar-refractivity contribution in [1.29, 1.82) is 0 Å². The topological polar surface area (TPSA) is 49.3 Å². The molecule has 0 radical (unpaired) electrons. The summed E-state index contributed by atoms with van der Waals surface area (Å²) < 4.78 is 0. The van der Waals surface area contributed by atoms with Crippen molar-refractivity contribution in [3.63, 3.8) is 0 Å². The van der Waals surface area contributed by atoms with Crippen LogP contribution in [0.2, 0.25) is 0 Å². The second-order valence-corrected chi connectivity index (χ2v) is 9.04. The number of fused-ring (bicyclic) bond motifs is 1. The number of carbonyl (C=O) groups is 1. The van der Waals surface area contributed by atoms with Crippen LogP contribution in [0.5, 0.6) is 0 Å². The molecular formula is C21H33NO2. The molecule has 0 saturated heterocycles. The lowest BCUT2D eigenvalue weighted by atomic mass is 9.57. The predicted octanol–water partition coefficient (Wildman–Crippen LogP) is 3.39. The smallest absolute Gasteiger partial charge is 0.156 e. The third-order valence-electron chi connectivity index (χ3n) is 7.32. The third-order valence-corrected chi connectivity index (χ3v) is 7.32. The fourth-order valence-corrected chi connectivity index (χ4v) is 5.25. The van der Waals surface area contributed by atoms with E-state index in [4.69, 9.17) is 6.42 Å².